The van der Waals surface area contributed by atoms with Crippen LogP contribution in [0.5, 0.6) is 0 Å². The Balaban J connectivity index is 2.77. The van der Waals surface area contributed by atoms with Gasteiger partial charge < -0.3 is 15.4 Å². The van der Waals surface area contributed by atoms with E-state index in [0.717, 1.165) is 29.3 Å². The highest BCUT2D eigenvalue weighted by Crippen LogP contribution is 2.34. The molecule has 0 unspecified atom stereocenters. The minimum atomic E-state index is -0.879. The van der Waals surface area contributed by atoms with Crippen molar-refractivity contribution in [3.63, 3.8) is 0 Å². The van der Waals surface area contributed by atoms with Gasteiger partial charge in [-0.15, -0.1) is 0 Å². The molecule has 1 heterocycles. The van der Waals surface area contributed by atoms with Gasteiger partial charge in [-0.05, 0) is 48.1 Å². The Bertz CT molecular complexity index is 678. The summed E-state index contributed by atoms with van der Waals surface area (Å²) in [6.45, 7) is 6.97. The summed E-state index contributed by atoms with van der Waals surface area (Å²) >= 11 is 0. The van der Waals surface area contributed by atoms with E-state index in [-0.39, 0.29) is 5.41 Å². The van der Waals surface area contributed by atoms with Crippen molar-refractivity contribution in [2.45, 2.75) is 39.0 Å². The van der Waals surface area contributed by atoms with Crippen LogP contribution in [-0.2, 0) is 18.9 Å². The van der Waals surface area contributed by atoms with Crippen molar-refractivity contribution < 1.29 is 9.90 Å². The number of hydrogen-bond acceptors (Lipinski definition) is 2. The second-order valence-corrected chi connectivity index (χ2v) is 6.63. The van der Waals surface area contributed by atoms with Crippen molar-refractivity contribution in [2.24, 2.45) is 12.8 Å². The summed E-state index contributed by atoms with van der Waals surface area (Å²) < 4.78 is 2.10. The average Bonchev–Trinajstić information content (AvgIpc) is 2.71. The summed E-state index contributed by atoms with van der Waals surface area (Å²) in [4.78, 5) is 11.4. The smallest absolute Gasteiger partial charge is 0.335 e. The number of aromatic carboxylic acids is 1. The molecule has 0 saturated carbocycles. The molecule has 0 saturated heterocycles. The molecule has 21 heavy (non-hydrogen) atoms. The van der Waals surface area contributed by atoms with E-state index in [0.29, 0.717) is 12.1 Å². The van der Waals surface area contributed by atoms with Gasteiger partial charge in [-0.1, -0.05) is 20.8 Å². The highest BCUT2D eigenvalue weighted by molar-refractivity contribution is 5.97. The van der Waals surface area contributed by atoms with Crippen LogP contribution in [0.1, 0.15) is 48.7 Å². The van der Waals surface area contributed by atoms with Crippen molar-refractivity contribution in [3.05, 3.63) is 35.0 Å². The third kappa shape index (κ3) is 2.95. The maximum Gasteiger partial charge on any atom is 0.335 e. The monoisotopic (exact) mass is 288 g/mol. The van der Waals surface area contributed by atoms with Crippen molar-refractivity contribution in [1.82, 2.24) is 4.57 Å². The quantitative estimate of drug-likeness (QED) is 0.908. The first-order valence-electron chi connectivity index (χ1n) is 7.31. The van der Waals surface area contributed by atoms with Crippen molar-refractivity contribution in [2.75, 3.05) is 6.54 Å². The lowest BCUT2D eigenvalue weighted by atomic mass is 9.84. The van der Waals surface area contributed by atoms with Crippen LogP contribution in [0.3, 0.4) is 0 Å². The van der Waals surface area contributed by atoms with Gasteiger partial charge >= 0.3 is 5.97 Å². The molecular weight excluding hydrogens is 264 g/mol. The molecule has 4 heteroatoms. The lowest BCUT2D eigenvalue weighted by molar-refractivity contribution is 0.0697. The van der Waals surface area contributed by atoms with E-state index in [2.05, 4.69) is 31.5 Å². The predicted molar refractivity (Wildman–Crippen MR) is 86.0 cm³/mol. The Hall–Kier alpha value is -1.81. The van der Waals surface area contributed by atoms with Crippen LogP contribution in [0.4, 0.5) is 0 Å². The van der Waals surface area contributed by atoms with Gasteiger partial charge in [0.1, 0.15) is 0 Å². The molecular formula is C17H24N2O2. The van der Waals surface area contributed by atoms with E-state index in [9.17, 15) is 9.90 Å². The molecule has 3 N–H and O–H groups in total. The van der Waals surface area contributed by atoms with Crippen molar-refractivity contribution >= 4 is 16.9 Å². The molecule has 0 atom stereocenters. The molecule has 0 amide bonds. The molecule has 0 radical (unpaired) electrons. The largest absolute Gasteiger partial charge is 0.478 e. The summed E-state index contributed by atoms with van der Waals surface area (Å²) in [5.41, 5.74) is 9.21. The summed E-state index contributed by atoms with van der Waals surface area (Å²) in [5.74, 6) is -0.879. The van der Waals surface area contributed by atoms with E-state index >= 15 is 0 Å². The molecule has 0 aliphatic heterocycles. The number of rotatable bonds is 4. The van der Waals surface area contributed by atoms with Crippen LogP contribution in [0.25, 0.3) is 10.9 Å². The number of hydrogen-bond donors (Lipinski definition) is 2. The number of carboxylic acid groups (broad SMARTS) is 1. The predicted octanol–water partition coefficient (Wildman–Crippen LogP) is 3.07. The summed E-state index contributed by atoms with van der Waals surface area (Å²) in [7, 11) is 2.02. The molecule has 0 fully saturated rings. The first-order chi connectivity index (χ1) is 9.75. The number of carboxylic acids is 1. The lowest BCUT2D eigenvalue weighted by Gasteiger charge is -2.22. The van der Waals surface area contributed by atoms with Crippen LogP contribution >= 0.6 is 0 Å². The van der Waals surface area contributed by atoms with Gasteiger partial charge in [0.25, 0.3) is 0 Å². The first kappa shape index (κ1) is 15.6. The molecule has 0 bridgehead atoms. The fraction of sp³-hybridized carbons (Fsp3) is 0.471. The summed E-state index contributed by atoms with van der Waals surface area (Å²) in [6.07, 6.45) is 3.88. The number of aromatic nitrogens is 1. The Morgan fingerprint density at radius 2 is 2.00 bits per heavy atom. The van der Waals surface area contributed by atoms with Crippen LogP contribution in [0.2, 0.25) is 0 Å². The topological polar surface area (TPSA) is 68.2 Å². The Labute approximate surface area is 125 Å². The standard InChI is InChI=1S/C17H24N2O2/c1-17(2,3)14-9-12(16(20)21)8-13-11(6-5-7-18)10-19(4)15(13)14/h8-10H,5-7,18H2,1-4H3,(H,20,21). The van der Waals surface area contributed by atoms with E-state index in [1.54, 1.807) is 12.1 Å². The number of nitrogens with zero attached hydrogens (tertiary/aromatic N) is 1. The van der Waals surface area contributed by atoms with Gasteiger partial charge in [-0.25, -0.2) is 4.79 Å². The van der Waals surface area contributed by atoms with Crippen LogP contribution in [0.15, 0.2) is 18.3 Å². The molecule has 0 spiro atoms. The minimum Gasteiger partial charge on any atom is -0.478 e. The molecule has 0 aliphatic carbocycles. The van der Waals surface area contributed by atoms with Gasteiger partial charge in [0, 0.05) is 18.6 Å². The zero-order valence-electron chi connectivity index (χ0n) is 13.2. The molecule has 1 aromatic carbocycles. The highest BCUT2D eigenvalue weighted by Gasteiger charge is 2.22. The second kappa shape index (κ2) is 5.53. The van der Waals surface area contributed by atoms with Crippen molar-refractivity contribution in [3.8, 4) is 0 Å². The Morgan fingerprint density at radius 3 is 2.52 bits per heavy atom. The number of aryl methyl sites for hydroxylation is 2. The van der Waals surface area contributed by atoms with Gasteiger partial charge in [0.05, 0.1) is 11.1 Å². The number of benzene rings is 1. The summed E-state index contributed by atoms with van der Waals surface area (Å²) in [6, 6.07) is 3.59. The molecule has 0 aliphatic rings. The van der Waals surface area contributed by atoms with Crippen LogP contribution < -0.4 is 5.73 Å². The molecule has 1 aromatic heterocycles. The van der Waals surface area contributed by atoms with Crippen LogP contribution in [-0.4, -0.2) is 22.2 Å². The van der Waals surface area contributed by atoms with Gasteiger partial charge in [-0.3, -0.25) is 0 Å². The maximum absolute atomic E-state index is 11.4. The Morgan fingerprint density at radius 1 is 1.33 bits per heavy atom. The minimum absolute atomic E-state index is 0.110. The maximum atomic E-state index is 11.4. The summed E-state index contributed by atoms with van der Waals surface area (Å²) in [5, 5.41) is 10.4. The van der Waals surface area contributed by atoms with Gasteiger partial charge in [0.15, 0.2) is 0 Å². The van der Waals surface area contributed by atoms with Gasteiger partial charge in [-0.2, -0.15) is 0 Å². The zero-order chi connectivity index (χ0) is 15.8. The van der Waals surface area contributed by atoms with E-state index in [4.69, 9.17) is 5.73 Å². The average molecular weight is 288 g/mol. The molecule has 2 rings (SSSR count). The van der Waals surface area contributed by atoms with E-state index in [1.807, 2.05) is 7.05 Å². The highest BCUT2D eigenvalue weighted by atomic mass is 16.4. The lowest BCUT2D eigenvalue weighted by Crippen LogP contribution is -2.14. The SMILES string of the molecule is Cn1cc(CCCN)c2cc(C(=O)O)cc(C(C)(C)C)c21. The zero-order valence-corrected chi connectivity index (χ0v) is 13.2. The normalized spacial score (nSPS) is 12.0. The van der Waals surface area contributed by atoms with Gasteiger partial charge in [0.2, 0.25) is 0 Å². The van der Waals surface area contributed by atoms with E-state index < -0.39 is 5.97 Å². The third-order valence-corrected chi connectivity index (χ3v) is 3.86. The fourth-order valence-corrected chi connectivity index (χ4v) is 2.81. The van der Waals surface area contributed by atoms with Crippen LogP contribution in [0, 0.1) is 0 Å². The number of carbonyl (C=O) groups is 1. The molecule has 4 nitrogen and oxygen atoms in total. The first-order valence-corrected chi connectivity index (χ1v) is 7.31. The number of fused-ring (bicyclic) bond motifs is 1. The number of nitrogens with two attached hydrogens (primary N) is 1. The van der Waals surface area contributed by atoms with E-state index in [1.165, 1.54) is 5.56 Å². The fourth-order valence-electron chi connectivity index (χ4n) is 2.81. The molecule has 114 valence electrons. The Kier molecular flexibility index (Phi) is 4.10. The van der Waals surface area contributed by atoms with Crippen molar-refractivity contribution in [1.29, 1.82) is 0 Å². The second-order valence-electron chi connectivity index (χ2n) is 6.63. The molecule has 2 aromatic rings. The third-order valence-electron chi connectivity index (χ3n) is 3.86.